The van der Waals surface area contributed by atoms with E-state index in [0.717, 1.165) is 29.7 Å². The van der Waals surface area contributed by atoms with Crippen molar-refractivity contribution in [2.24, 2.45) is 0 Å². The fourth-order valence-corrected chi connectivity index (χ4v) is 3.09. The molecule has 0 fully saturated rings. The molecular formula is C22H26ClN3O2. The van der Waals surface area contributed by atoms with Gasteiger partial charge in [-0.25, -0.2) is 4.79 Å². The van der Waals surface area contributed by atoms with Crippen molar-refractivity contribution in [3.63, 3.8) is 0 Å². The van der Waals surface area contributed by atoms with Gasteiger partial charge in [0.1, 0.15) is 11.3 Å². The van der Waals surface area contributed by atoms with Crippen molar-refractivity contribution in [2.75, 3.05) is 6.54 Å². The van der Waals surface area contributed by atoms with Gasteiger partial charge >= 0.3 is 6.09 Å². The molecule has 2 aromatic rings. The maximum atomic E-state index is 11.8. The zero-order valence-corrected chi connectivity index (χ0v) is 17.3. The third kappa shape index (κ3) is 5.49. The largest absolute Gasteiger partial charge is 0.444 e. The van der Waals surface area contributed by atoms with Crippen molar-refractivity contribution in [2.45, 2.75) is 45.8 Å². The summed E-state index contributed by atoms with van der Waals surface area (Å²) in [7, 11) is 0. The molecule has 1 N–H and O–H groups in total. The van der Waals surface area contributed by atoms with Gasteiger partial charge in [0.15, 0.2) is 0 Å². The van der Waals surface area contributed by atoms with Crippen LogP contribution in [0.2, 0.25) is 5.02 Å². The van der Waals surface area contributed by atoms with Crippen molar-refractivity contribution >= 4 is 23.3 Å². The highest BCUT2D eigenvalue weighted by atomic mass is 35.5. The molecule has 0 saturated carbocycles. The number of halogens is 1. The first-order valence-electron chi connectivity index (χ1n) is 9.49. The average molecular weight is 400 g/mol. The zero-order chi connectivity index (χ0) is 20.1. The number of aromatic nitrogens is 2. The van der Waals surface area contributed by atoms with E-state index in [1.807, 2.05) is 55.9 Å². The fourth-order valence-electron chi connectivity index (χ4n) is 2.97. The molecule has 148 valence electrons. The van der Waals surface area contributed by atoms with Crippen LogP contribution in [0.5, 0.6) is 0 Å². The molecule has 1 aliphatic rings. The number of carbonyl (C=O) groups excluding carboxylic acids is 1. The minimum atomic E-state index is -0.509. The third-order valence-corrected chi connectivity index (χ3v) is 4.45. The van der Waals surface area contributed by atoms with Crippen LogP contribution in [-0.4, -0.2) is 28.0 Å². The molecule has 0 spiro atoms. The molecule has 1 aromatic carbocycles. The predicted molar refractivity (Wildman–Crippen MR) is 113 cm³/mol. The number of allylic oxidation sites excluding steroid dienone is 4. The van der Waals surface area contributed by atoms with E-state index in [4.69, 9.17) is 21.4 Å². The number of amides is 1. The average Bonchev–Trinajstić information content (AvgIpc) is 3.06. The van der Waals surface area contributed by atoms with E-state index < -0.39 is 11.7 Å². The molecule has 5 nitrogen and oxygen atoms in total. The quantitative estimate of drug-likeness (QED) is 0.726. The summed E-state index contributed by atoms with van der Waals surface area (Å²) in [5.74, 6) is 0. The highest BCUT2D eigenvalue weighted by Gasteiger charge is 2.17. The summed E-state index contributed by atoms with van der Waals surface area (Å²) in [4.78, 5) is 11.8. The summed E-state index contributed by atoms with van der Waals surface area (Å²) in [6, 6.07) is 7.69. The predicted octanol–water partition coefficient (Wildman–Crippen LogP) is 5.46. The van der Waals surface area contributed by atoms with Crippen LogP contribution >= 0.6 is 11.6 Å². The lowest BCUT2D eigenvalue weighted by Crippen LogP contribution is -2.34. The van der Waals surface area contributed by atoms with Crippen molar-refractivity contribution in [1.29, 1.82) is 0 Å². The third-order valence-electron chi connectivity index (χ3n) is 4.19. The Morgan fingerprint density at radius 1 is 1.25 bits per heavy atom. The lowest BCUT2D eigenvalue weighted by Gasteiger charge is -2.19. The van der Waals surface area contributed by atoms with Gasteiger partial charge in [0, 0.05) is 28.9 Å². The van der Waals surface area contributed by atoms with Crippen LogP contribution in [0, 0.1) is 0 Å². The molecule has 1 aliphatic carbocycles. The topological polar surface area (TPSA) is 56.1 Å². The number of nitrogens with zero attached hydrogens (tertiary/aromatic N) is 2. The number of carbonyl (C=O) groups is 1. The molecule has 0 radical (unpaired) electrons. The van der Waals surface area contributed by atoms with Gasteiger partial charge in [0.05, 0.1) is 6.54 Å². The van der Waals surface area contributed by atoms with E-state index in [9.17, 15) is 4.79 Å². The number of rotatable bonds is 5. The summed E-state index contributed by atoms with van der Waals surface area (Å²) < 4.78 is 7.13. The van der Waals surface area contributed by atoms with Crippen LogP contribution in [0.3, 0.4) is 0 Å². The Labute approximate surface area is 171 Å². The van der Waals surface area contributed by atoms with Crippen molar-refractivity contribution in [3.8, 4) is 11.3 Å². The minimum absolute atomic E-state index is 0.421. The number of hydrogen-bond acceptors (Lipinski definition) is 3. The van der Waals surface area contributed by atoms with E-state index in [-0.39, 0.29) is 0 Å². The van der Waals surface area contributed by atoms with Crippen LogP contribution in [0.4, 0.5) is 4.79 Å². The van der Waals surface area contributed by atoms with Crippen LogP contribution in [0.25, 0.3) is 16.8 Å². The monoisotopic (exact) mass is 399 g/mol. The molecule has 0 unspecified atom stereocenters. The molecule has 3 rings (SSSR count). The molecule has 0 aliphatic heterocycles. The van der Waals surface area contributed by atoms with E-state index in [1.165, 1.54) is 5.57 Å². The number of nitrogens with one attached hydrogen (secondary N) is 1. The second-order valence-electron chi connectivity index (χ2n) is 7.73. The summed E-state index contributed by atoms with van der Waals surface area (Å²) in [5, 5.41) is 8.24. The van der Waals surface area contributed by atoms with Crippen LogP contribution in [0.1, 0.15) is 39.2 Å². The highest BCUT2D eigenvalue weighted by molar-refractivity contribution is 6.30. The van der Waals surface area contributed by atoms with E-state index >= 15 is 0 Å². The maximum Gasteiger partial charge on any atom is 0.407 e. The molecule has 1 amide bonds. The van der Waals surface area contributed by atoms with Gasteiger partial charge in [-0.2, -0.15) is 5.10 Å². The van der Waals surface area contributed by atoms with Gasteiger partial charge < -0.3 is 10.1 Å². The van der Waals surface area contributed by atoms with Gasteiger partial charge in [-0.15, -0.1) is 0 Å². The fraction of sp³-hybridized carbons (Fsp3) is 0.364. The molecule has 1 aromatic heterocycles. The molecule has 28 heavy (non-hydrogen) atoms. The molecule has 0 bridgehead atoms. The Morgan fingerprint density at radius 2 is 2.00 bits per heavy atom. The Kier molecular flexibility index (Phi) is 6.25. The molecule has 1 heterocycles. The maximum absolute atomic E-state index is 11.8. The van der Waals surface area contributed by atoms with Crippen molar-refractivity contribution in [3.05, 3.63) is 59.3 Å². The van der Waals surface area contributed by atoms with Crippen LogP contribution < -0.4 is 5.32 Å². The van der Waals surface area contributed by atoms with E-state index in [0.29, 0.717) is 18.1 Å². The summed E-state index contributed by atoms with van der Waals surface area (Å²) in [6.07, 6.45) is 10.3. The van der Waals surface area contributed by atoms with E-state index in [1.54, 1.807) is 0 Å². The molecule has 0 atom stereocenters. The SMILES string of the molecule is CC(C)(C)OC(=O)NCCn1cc(C2=CCCC=C2)c(-c2ccc(Cl)cc2)n1. The number of ether oxygens (including phenoxy) is 1. The normalized spacial score (nSPS) is 13.9. The lowest BCUT2D eigenvalue weighted by atomic mass is 9.97. The Morgan fingerprint density at radius 3 is 2.64 bits per heavy atom. The highest BCUT2D eigenvalue weighted by Crippen LogP contribution is 2.31. The summed E-state index contributed by atoms with van der Waals surface area (Å²) >= 11 is 6.04. The number of alkyl carbamates (subject to hydrolysis) is 1. The number of hydrogen-bond donors (Lipinski definition) is 1. The first-order valence-corrected chi connectivity index (χ1v) is 9.87. The van der Waals surface area contributed by atoms with Gasteiger partial charge in [-0.05, 0) is 51.3 Å². The van der Waals surface area contributed by atoms with Gasteiger partial charge in [0.2, 0.25) is 0 Å². The number of benzene rings is 1. The second-order valence-corrected chi connectivity index (χ2v) is 8.17. The zero-order valence-electron chi connectivity index (χ0n) is 16.5. The molecule has 6 heteroatoms. The first kappa shape index (κ1) is 20.2. The minimum Gasteiger partial charge on any atom is -0.444 e. The molecular weight excluding hydrogens is 374 g/mol. The van der Waals surface area contributed by atoms with Gasteiger partial charge in [0.25, 0.3) is 0 Å². The smallest absolute Gasteiger partial charge is 0.407 e. The van der Waals surface area contributed by atoms with Gasteiger partial charge in [-0.1, -0.05) is 42.0 Å². The van der Waals surface area contributed by atoms with Crippen molar-refractivity contribution < 1.29 is 9.53 Å². The molecule has 0 saturated heterocycles. The van der Waals surface area contributed by atoms with Crippen molar-refractivity contribution in [1.82, 2.24) is 15.1 Å². The van der Waals surface area contributed by atoms with E-state index in [2.05, 4.69) is 23.5 Å². The summed E-state index contributed by atoms with van der Waals surface area (Å²) in [5.41, 5.74) is 3.66. The van der Waals surface area contributed by atoms with Gasteiger partial charge in [-0.3, -0.25) is 4.68 Å². The first-order chi connectivity index (χ1) is 13.3. The second kappa shape index (κ2) is 8.65. The standard InChI is InChI=1S/C22H26ClN3O2/c1-22(2,3)28-21(27)24-13-14-26-15-19(16-7-5-4-6-8-16)20(25-26)17-9-11-18(23)12-10-17/h5,7-12,15H,4,6,13-14H2,1-3H3,(H,24,27). The Hall–Kier alpha value is -2.53. The Balaban J connectivity index is 1.77. The summed E-state index contributed by atoms with van der Waals surface area (Å²) in [6.45, 7) is 6.52. The van der Waals surface area contributed by atoms with Crippen LogP contribution in [-0.2, 0) is 11.3 Å². The Bertz CT molecular complexity index is 889. The lowest BCUT2D eigenvalue weighted by molar-refractivity contribution is 0.0525. The van der Waals surface area contributed by atoms with Crippen LogP contribution in [0.15, 0.2) is 48.7 Å².